The van der Waals surface area contributed by atoms with Gasteiger partial charge in [0.15, 0.2) is 0 Å². The highest BCUT2D eigenvalue weighted by molar-refractivity contribution is 7.92. The molecule has 2 N–H and O–H groups in total. The molecule has 0 heterocycles. The molecule has 94 valence electrons. The summed E-state index contributed by atoms with van der Waals surface area (Å²) in [5.74, 6) is 0.283. The molecular formula is C10H20N2O2S2. The fourth-order valence-electron chi connectivity index (χ4n) is 2.14. The summed E-state index contributed by atoms with van der Waals surface area (Å²) >= 11 is 4.64. The predicted molar refractivity (Wildman–Crippen MR) is 69.8 cm³/mol. The van der Waals surface area contributed by atoms with E-state index >= 15 is 0 Å². The molecule has 16 heavy (non-hydrogen) atoms. The minimum atomic E-state index is -3.29. The number of rotatable bonds is 5. The molecule has 1 rings (SSSR count). The smallest absolute Gasteiger partial charge is 0.220 e. The highest BCUT2D eigenvalue weighted by Gasteiger charge is 2.23. The van der Waals surface area contributed by atoms with Gasteiger partial charge in [-0.25, -0.2) is 12.7 Å². The number of nitrogens with zero attached hydrogens (tertiary/aromatic N) is 1. The number of thiocarbonyl (C=S) groups is 1. The predicted octanol–water partition coefficient (Wildman–Crippen LogP) is 1.11. The largest absolute Gasteiger partial charge is 0.392 e. The average Bonchev–Trinajstić information content (AvgIpc) is 2.17. The molecule has 0 aromatic carbocycles. The topological polar surface area (TPSA) is 63.4 Å². The Morgan fingerprint density at radius 1 is 1.38 bits per heavy atom. The van der Waals surface area contributed by atoms with E-state index in [4.69, 9.17) is 5.73 Å². The maximum absolute atomic E-state index is 11.8. The lowest BCUT2D eigenvalue weighted by molar-refractivity contribution is 0.300. The minimum Gasteiger partial charge on any atom is -0.392 e. The van der Waals surface area contributed by atoms with Gasteiger partial charge in [0.1, 0.15) is 5.75 Å². The van der Waals surface area contributed by atoms with Crippen LogP contribution in [0.2, 0.25) is 0 Å². The third-order valence-electron chi connectivity index (χ3n) is 3.04. The van der Waals surface area contributed by atoms with Gasteiger partial charge in [0, 0.05) is 13.6 Å². The number of hydrogen-bond donors (Lipinski definition) is 1. The first-order valence-electron chi connectivity index (χ1n) is 5.64. The summed E-state index contributed by atoms with van der Waals surface area (Å²) in [6, 6.07) is 0. The van der Waals surface area contributed by atoms with Crippen LogP contribution in [0.4, 0.5) is 0 Å². The van der Waals surface area contributed by atoms with Crippen LogP contribution in [-0.2, 0) is 10.0 Å². The molecule has 0 aliphatic heterocycles. The van der Waals surface area contributed by atoms with Crippen molar-refractivity contribution in [3.8, 4) is 0 Å². The zero-order valence-corrected chi connectivity index (χ0v) is 11.3. The van der Waals surface area contributed by atoms with Crippen molar-refractivity contribution >= 4 is 27.2 Å². The van der Waals surface area contributed by atoms with Crippen molar-refractivity contribution in [3.05, 3.63) is 0 Å². The van der Waals surface area contributed by atoms with Crippen molar-refractivity contribution in [1.82, 2.24) is 4.31 Å². The molecule has 1 fully saturated rings. The van der Waals surface area contributed by atoms with Gasteiger partial charge in [-0.15, -0.1) is 0 Å². The molecule has 4 nitrogen and oxygen atoms in total. The molecule has 0 unspecified atom stereocenters. The first-order chi connectivity index (χ1) is 7.42. The summed E-state index contributed by atoms with van der Waals surface area (Å²) in [4.78, 5) is 0.0375. The van der Waals surface area contributed by atoms with Crippen molar-refractivity contribution in [3.63, 3.8) is 0 Å². The first-order valence-corrected chi connectivity index (χ1v) is 7.66. The Morgan fingerprint density at radius 3 is 2.44 bits per heavy atom. The Hall–Kier alpha value is -0.200. The zero-order valence-electron chi connectivity index (χ0n) is 9.68. The molecular weight excluding hydrogens is 244 g/mol. The lowest BCUT2D eigenvalue weighted by atomic mass is 9.89. The summed E-state index contributed by atoms with van der Waals surface area (Å²) < 4.78 is 25.0. The fraction of sp³-hybridized carbons (Fsp3) is 0.900. The van der Waals surface area contributed by atoms with E-state index in [1.54, 1.807) is 7.05 Å². The second-order valence-corrected chi connectivity index (χ2v) is 7.11. The highest BCUT2D eigenvalue weighted by Crippen LogP contribution is 2.24. The highest BCUT2D eigenvalue weighted by atomic mass is 32.2. The van der Waals surface area contributed by atoms with Gasteiger partial charge < -0.3 is 5.73 Å². The van der Waals surface area contributed by atoms with Gasteiger partial charge in [-0.1, -0.05) is 31.5 Å². The molecule has 0 aromatic rings. The summed E-state index contributed by atoms with van der Waals surface area (Å²) in [6.45, 7) is 0.602. The van der Waals surface area contributed by atoms with E-state index in [2.05, 4.69) is 12.2 Å². The van der Waals surface area contributed by atoms with E-state index in [-0.39, 0.29) is 10.7 Å². The van der Waals surface area contributed by atoms with Gasteiger partial charge in [0.2, 0.25) is 10.0 Å². The van der Waals surface area contributed by atoms with Crippen LogP contribution in [0.1, 0.15) is 32.1 Å². The van der Waals surface area contributed by atoms with E-state index in [0.717, 1.165) is 12.8 Å². The van der Waals surface area contributed by atoms with Crippen LogP contribution in [-0.4, -0.2) is 37.1 Å². The quantitative estimate of drug-likeness (QED) is 0.756. The van der Waals surface area contributed by atoms with Crippen molar-refractivity contribution in [1.29, 1.82) is 0 Å². The molecule has 0 bridgehead atoms. The number of nitrogens with two attached hydrogens (primary N) is 1. The van der Waals surface area contributed by atoms with Gasteiger partial charge in [0.25, 0.3) is 0 Å². The van der Waals surface area contributed by atoms with Crippen LogP contribution >= 0.6 is 12.2 Å². The van der Waals surface area contributed by atoms with Crippen molar-refractivity contribution in [2.24, 2.45) is 11.7 Å². The second-order valence-electron chi connectivity index (χ2n) is 4.51. The Bertz CT molecular complexity index is 335. The van der Waals surface area contributed by atoms with Crippen molar-refractivity contribution in [2.45, 2.75) is 32.1 Å². The van der Waals surface area contributed by atoms with E-state index in [9.17, 15) is 8.42 Å². The molecule has 0 aromatic heterocycles. The summed E-state index contributed by atoms with van der Waals surface area (Å²) in [5.41, 5.74) is 5.28. The lowest BCUT2D eigenvalue weighted by Crippen LogP contribution is -2.37. The van der Waals surface area contributed by atoms with Crippen molar-refractivity contribution in [2.75, 3.05) is 19.3 Å². The molecule has 6 heteroatoms. The molecule has 0 radical (unpaired) electrons. The standard InChI is InChI=1S/C10H20N2O2S2/c1-12(16(13,14)8-10(11)15)7-9-5-3-2-4-6-9/h9H,2-8H2,1H3,(H2,11,15). The van der Waals surface area contributed by atoms with E-state index in [0.29, 0.717) is 12.5 Å². The van der Waals surface area contributed by atoms with Crippen LogP contribution in [0.15, 0.2) is 0 Å². The molecule has 1 aliphatic carbocycles. The number of sulfonamides is 1. The SMILES string of the molecule is CN(CC1CCCCC1)S(=O)(=O)CC(N)=S. The molecule has 0 amide bonds. The summed E-state index contributed by atoms with van der Waals surface area (Å²) in [6.07, 6.45) is 5.97. The van der Waals surface area contributed by atoms with Gasteiger partial charge >= 0.3 is 0 Å². The van der Waals surface area contributed by atoms with Crippen LogP contribution in [0.25, 0.3) is 0 Å². The second kappa shape index (κ2) is 5.93. The summed E-state index contributed by atoms with van der Waals surface area (Å²) in [5, 5.41) is 0. The van der Waals surface area contributed by atoms with Gasteiger partial charge in [-0.05, 0) is 18.8 Å². The Balaban J connectivity index is 2.49. The van der Waals surface area contributed by atoms with Crippen LogP contribution < -0.4 is 5.73 Å². The normalized spacial score (nSPS) is 18.9. The molecule has 0 atom stereocenters. The summed E-state index contributed by atoms with van der Waals surface area (Å²) in [7, 11) is -1.68. The Kier molecular flexibility index (Phi) is 5.14. The van der Waals surface area contributed by atoms with Crippen LogP contribution in [0.3, 0.4) is 0 Å². The molecule has 1 saturated carbocycles. The Labute approximate surface area is 103 Å². The van der Waals surface area contributed by atoms with Crippen LogP contribution in [0.5, 0.6) is 0 Å². The van der Waals surface area contributed by atoms with Gasteiger partial charge in [-0.3, -0.25) is 0 Å². The Morgan fingerprint density at radius 2 is 1.94 bits per heavy atom. The third-order valence-corrected chi connectivity index (χ3v) is 5.14. The molecule has 1 aliphatic rings. The van der Waals surface area contributed by atoms with Crippen molar-refractivity contribution < 1.29 is 8.42 Å². The van der Waals surface area contributed by atoms with E-state index < -0.39 is 10.0 Å². The molecule has 0 saturated heterocycles. The lowest BCUT2D eigenvalue weighted by Gasteiger charge is -2.26. The first kappa shape index (κ1) is 13.9. The average molecular weight is 264 g/mol. The number of hydrogen-bond acceptors (Lipinski definition) is 3. The van der Waals surface area contributed by atoms with Crippen LogP contribution in [0, 0.1) is 5.92 Å². The third kappa shape index (κ3) is 4.35. The van der Waals surface area contributed by atoms with E-state index in [1.807, 2.05) is 0 Å². The van der Waals surface area contributed by atoms with Gasteiger partial charge in [0.05, 0.1) is 4.99 Å². The van der Waals surface area contributed by atoms with E-state index in [1.165, 1.54) is 23.6 Å². The maximum atomic E-state index is 11.8. The zero-order chi connectivity index (χ0) is 12.2. The van der Waals surface area contributed by atoms with Gasteiger partial charge in [-0.2, -0.15) is 0 Å². The monoisotopic (exact) mass is 264 g/mol. The fourth-order valence-corrected chi connectivity index (χ4v) is 3.60. The maximum Gasteiger partial charge on any atom is 0.220 e. The molecule has 0 spiro atoms. The minimum absolute atomic E-state index is 0.0375.